The van der Waals surface area contributed by atoms with Crippen LogP contribution >= 0.6 is 0 Å². The largest absolute Gasteiger partial charge is 0.383 e. The second kappa shape index (κ2) is 6.74. The Morgan fingerprint density at radius 1 is 1.39 bits per heavy atom. The number of rotatable bonds is 5. The molecular formula is C15H22FNO. The van der Waals surface area contributed by atoms with E-state index in [0.29, 0.717) is 12.7 Å². The molecule has 3 heteroatoms. The minimum Gasteiger partial charge on any atom is -0.383 e. The third-order valence-corrected chi connectivity index (χ3v) is 3.50. The van der Waals surface area contributed by atoms with Crippen LogP contribution in [0, 0.1) is 11.7 Å². The van der Waals surface area contributed by atoms with E-state index >= 15 is 0 Å². The smallest absolute Gasteiger partial charge is 0.125 e. The fourth-order valence-corrected chi connectivity index (χ4v) is 2.55. The average Bonchev–Trinajstić information content (AvgIpc) is 2.35. The predicted molar refractivity (Wildman–Crippen MR) is 72.3 cm³/mol. The molecule has 0 radical (unpaired) electrons. The highest BCUT2D eigenvalue weighted by atomic mass is 19.1. The topological polar surface area (TPSA) is 21.3 Å². The minimum absolute atomic E-state index is 0.206. The maximum absolute atomic E-state index is 12.9. The highest BCUT2D eigenvalue weighted by Crippen LogP contribution is 2.25. The number of ether oxygens (including phenoxy) is 1. The van der Waals surface area contributed by atoms with Gasteiger partial charge in [0.1, 0.15) is 5.82 Å². The van der Waals surface area contributed by atoms with Crippen molar-refractivity contribution in [1.29, 1.82) is 0 Å². The molecule has 0 heterocycles. The quantitative estimate of drug-likeness (QED) is 0.803. The summed E-state index contributed by atoms with van der Waals surface area (Å²) < 4.78 is 18.8. The Labute approximate surface area is 109 Å². The molecule has 0 spiro atoms. The highest BCUT2D eigenvalue weighted by Gasteiger charge is 2.18. The summed E-state index contributed by atoms with van der Waals surface area (Å²) in [5, 5.41) is 3.17. The Kier molecular flexibility index (Phi) is 5.00. The molecule has 1 saturated carbocycles. The molecule has 2 rings (SSSR count). The van der Waals surface area contributed by atoms with Gasteiger partial charge in [-0.2, -0.15) is 0 Å². The normalized spacial score (nSPS) is 23.9. The van der Waals surface area contributed by atoms with Crippen LogP contribution in [0.4, 0.5) is 10.1 Å². The Balaban J connectivity index is 1.64. The molecular weight excluding hydrogens is 229 g/mol. The number of hydrogen-bond donors (Lipinski definition) is 1. The second-order valence-corrected chi connectivity index (χ2v) is 5.20. The minimum atomic E-state index is -0.206. The lowest BCUT2D eigenvalue weighted by molar-refractivity contribution is 0.0213. The van der Waals surface area contributed by atoms with Crippen LogP contribution in [0.3, 0.4) is 0 Å². The van der Waals surface area contributed by atoms with Gasteiger partial charge in [-0.25, -0.2) is 4.39 Å². The van der Waals surface area contributed by atoms with Gasteiger partial charge >= 0.3 is 0 Å². The molecule has 1 aromatic carbocycles. The molecule has 0 bridgehead atoms. The number of nitrogens with one attached hydrogen (secondary N) is 1. The third-order valence-electron chi connectivity index (χ3n) is 3.50. The SMILES string of the molecule is CC1CCCC(OCCNc2cccc(F)c2)C1. The first-order valence-electron chi connectivity index (χ1n) is 6.85. The summed E-state index contributed by atoms with van der Waals surface area (Å²) in [7, 11) is 0. The van der Waals surface area contributed by atoms with Gasteiger partial charge in [-0.15, -0.1) is 0 Å². The van der Waals surface area contributed by atoms with Gasteiger partial charge in [-0.1, -0.05) is 25.8 Å². The fourth-order valence-electron chi connectivity index (χ4n) is 2.55. The van der Waals surface area contributed by atoms with E-state index in [1.165, 1.54) is 37.8 Å². The van der Waals surface area contributed by atoms with E-state index in [1.54, 1.807) is 6.07 Å². The van der Waals surface area contributed by atoms with Crippen LogP contribution in [0.15, 0.2) is 24.3 Å². The zero-order chi connectivity index (χ0) is 12.8. The van der Waals surface area contributed by atoms with Crippen molar-refractivity contribution >= 4 is 5.69 Å². The van der Waals surface area contributed by atoms with Gasteiger partial charge in [0.05, 0.1) is 12.7 Å². The van der Waals surface area contributed by atoms with E-state index < -0.39 is 0 Å². The first kappa shape index (κ1) is 13.3. The summed E-state index contributed by atoms with van der Waals surface area (Å²) in [5.74, 6) is 0.585. The Morgan fingerprint density at radius 3 is 3.06 bits per heavy atom. The van der Waals surface area contributed by atoms with E-state index in [-0.39, 0.29) is 5.82 Å². The summed E-state index contributed by atoms with van der Waals surface area (Å²) in [5.41, 5.74) is 0.815. The van der Waals surface area contributed by atoms with Crippen molar-refractivity contribution in [2.24, 2.45) is 5.92 Å². The van der Waals surface area contributed by atoms with Gasteiger partial charge in [-0.3, -0.25) is 0 Å². The van der Waals surface area contributed by atoms with Gasteiger partial charge in [0.2, 0.25) is 0 Å². The molecule has 2 nitrogen and oxygen atoms in total. The van der Waals surface area contributed by atoms with Crippen molar-refractivity contribution in [1.82, 2.24) is 0 Å². The fraction of sp³-hybridized carbons (Fsp3) is 0.600. The molecule has 0 saturated heterocycles. The Bertz CT molecular complexity index is 369. The molecule has 1 fully saturated rings. The summed E-state index contributed by atoms with van der Waals surface area (Å²) >= 11 is 0. The summed E-state index contributed by atoms with van der Waals surface area (Å²) in [6, 6.07) is 6.53. The summed E-state index contributed by atoms with van der Waals surface area (Å²) in [4.78, 5) is 0. The van der Waals surface area contributed by atoms with Crippen LogP contribution in [0.1, 0.15) is 32.6 Å². The molecule has 0 aliphatic heterocycles. The Morgan fingerprint density at radius 2 is 2.28 bits per heavy atom. The molecule has 0 amide bonds. The van der Waals surface area contributed by atoms with Crippen molar-refractivity contribution in [2.75, 3.05) is 18.5 Å². The maximum Gasteiger partial charge on any atom is 0.125 e. The first-order chi connectivity index (χ1) is 8.74. The molecule has 0 aromatic heterocycles. The number of benzene rings is 1. The number of halogens is 1. The highest BCUT2D eigenvalue weighted by molar-refractivity contribution is 5.42. The van der Waals surface area contributed by atoms with Crippen LogP contribution < -0.4 is 5.32 Å². The van der Waals surface area contributed by atoms with Gasteiger partial charge in [0, 0.05) is 12.2 Å². The average molecular weight is 251 g/mol. The van der Waals surface area contributed by atoms with Crippen LogP contribution in [-0.4, -0.2) is 19.3 Å². The molecule has 1 aromatic rings. The Hall–Kier alpha value is -1.09. The van der Waals surface area contributed by atoms with Crippen molar-refractivity contribution in [3.63, 3.8) is 0 Å². The molecule has 18 heavy (non-hydrogen) atoms. The van der Waals surface area contributed by atoms with Crippen LogP contribution in [-0.2, 0) is 4.74 Å². The molecule has 2 atom stereocenters. The van der Waals surface area contributed by atoms with E-state index in [0.717, 1.165) is 18.2 Å². The van der Waals surface area contributed by atoms with Crippen molar-refractivity contribution in [3.05, 3.63) is 30.1 Å². The van der Waals surface area contributed by atoms with Crippen molar-refractivity contribution in [3.8, 4) is 0 Å². The predicted octanol–water partition coefficient (Wildman–Crippen LogP) is 3.83. The maximum atomic E-state index is 12.9. The van der Waals surface area contributed by atoms with Crippen LogP contribution in [0.25, 0.3) is 0 Å². The van der Waals surface area contributed by atoms with E-state index in [2.05, 4.69) is 12.2 Å². The standard InChI is InChI=1S/C15H22FNO/c1-12-4-2-7-15(10-12)18-9-8-17-14-6-3-5-13(16)11-14/h3,5-6,11-12,15,17H,2,4,7-10H2,1H3. The van der Waals surface area contributed by atoms with Crippen LogP contribution in [0.2, 0.25) is 0 Å². The molecule has 2 unspecified atom stereocenters. The van der Waals surface area contributed by atoms with Crippen LogP contribution in [0.5, 0.6) is 0 Å². The summed E-state index contributed by atoms with van der Waals surface area (Å²) in [6.45, 7) is 3.71. The van der Waals surface area contributed by atoms with Crippen molar-refractivity contribution < 1.29 is 9.13 Å². The molecule has 1 aliphatic rings. The molecule has 1 N–H and O–H groups in total. The van der Waals surface area contributed by atoms with Gasteiger partial charge in [-0.05, 0) is 37.0 Å². The number of hydrogen-bond acceptors (Lipinski definition) is 2. The van der Waals surface area contributed by atoms with E-state index in [1.807, 2.05) is 6.07 Å². The van der Waals surface area contributed by atoms with Crippen molar-refractivity contribution in [2.45, 2.75) is 38.7 Å². The zero-order valence-corrected chi connectivity index (χ0v) is 11.0. The van der Waals surface area contributed by atoms with E-state index in [9.17, 15) is 4.39 Å². The van der Waals surface area contributed by atoms with Gasteiger partial charge < -0.3 is 10.1 Å². The number of anilines is 1. The lowest BCUT2D eigenvalue weighted by Crippen LogP contribution is -2.24. The van der Waals surface area contributed by atoms with E-state index in [4.69, 9.17) is 4.74 Å². The summed E-state index contributed by atoms with van der Waals surface area (Å²) in [6.07, 6.45) is 5.40. The molecule has 1 aliphatic carbocycles. The zero-order valence-electron chi connectivity index (χ0n) is 11.0. The van der Waals surface area contributed by atoms with Gasteiger partial charge in [0.15, 0.2) is 0 Å². The van der Waals surface area contributed by atoms with Gasteiger partial charge in [0.25, 0.3) is 0 Å². The molecule has 100 valence electrons. The monoisotopic (exact) mass is 251 g/mol. The second-order valence-electron chi connectivity index (χ2n) is 5.20. The first-order valence-corrected chi connectivity index (χ1v) is 6.85. The lowest BCUT2D eigenvalue weighted by Gasteiger charge is -2.26. The third kappa shape index (κ3) is 4.30. The lowest BCUT2D eigenvalue weighted by atomic mass is 9.89.